The minimum atomic E-state index is -0.227. The first-order valence-corrected chi connectivity index (χ1v) is 10.1. The molecule has 0 atom stereocenters. The summed E-state index contributed by atoms with van der Waals surface area (Å²) in [5, 5.41) is 15.5. The normalized spacial score (nSPS) is 15.2. The minimum absolute atomic E-state index is 0.0437. The molecular formula is C23H31N3O3. The molecule has 0 unspecified atom stereocenters. The molecule has 1 aromatic heterocycles. The molecule has 3 rings (SSSR count). The summed E-state index contributed by atoms with van der Waals surface area (Å²) >= 11 is 0. The van der Waals surface area contributed by atoms with Gasteiger partial charge in [0.25, 0.3) is 5.91 Å². The summed E-state index contributed by atoms with van der Waals surface area (Å²) < 4.78 is 1.57. The minimum Gasteiger partial charge on any atom is -0.507 e. The number of carbonyl (C=O) groups excluding carboxylic acids is 2. The number of rotatable bonds is 3. The van der Waals surface area contributed by atoms with Gasteiger partial charge < -0.3 is 5.11 Å². The van der Waals surface area contributed by atoms with Crippen LogP contribution < -0.4 is 0 Å². The fraction of sp³-hybridized carbons (Fsp3) is 0.522. The number of phenolic OH excluding ortho intramolecular Hbond substituents is 1. The largest absolute Gasteiger partial charge is 0.507 e. The maximum absolute atomic E-state index is 12.4. The molecule has 0 aliphatic carbocycles. The molecule has 1 fully saturated rings. The van der Waals surface area contributed by atoms with Crippen LogP contribution in [0, 0.1) is 0 Å². The number of aromatic hydroxyl groups is 1. The fourth-order valence-corrected chi connectivity index (χ4v) is 3.67. The highest BCUT2D eigenvalue weighted by molar-refractivity contribution is 5.96. The lowest BCUT2D eigenvalue weighted by molar-refractivity contribution is -0.142. The van der Waals surface area contributed by atoms with Gasteiger partial charge in [-0.05, 0) is 35.4 Å². The Kier molecular flexibility index (Phi) is 5.32. The summed E-state index contributed by atoms with van der Waals surface area (Å²) in [6.45, 7) is 13.0. The third-order valence-corrected chi connectivity index (χ3v) is 5.33. The molecule has 2 heterocycles. The number of amides is 2. The third-order valence-electron chi connectivity index (χ3n) is 5.33. The van der Waals surface area contributed by atoms with Crippen molar-refractivity contribution in [3.63, 3.8) is 0 Å². The summed E-state index contributed by atoms with van der Waals surface area (Å²) in [5.74, 6) is 0.0000700. The number of aromatic nitrogens is 2. The zero-order valence-corrected chi connectivity index (χ0v) is 18.2. The van der Waals surface area contributed by atoms with E-state index in [-0.39, 0.29) is 29.2 Å². The average Bonchev–Trinajstić information content (AvgIpc) is 3.22. The van der Waals surface area contributed by atoms with Crippen molar-refractivity contribution in [2.45, 2.75) is 71.8 Å². The highest BCUT2D eigenvalue weighted by Crippen LogP contribution is 2.41. The Morgan fingerprint density at radius 2 is 1.69 bits per heavy atom. The van der Waals surface area contributed by atoms with Crippen molar-refractivity contribution in [2.75, 3.05) is 6.54 Å². The maximum atomic E-state index is 12.4. The van der Waals surface area contributed by atoms with Crippen LogP contribution in [0.1, 0.15) is 65.5 Å². The van der Waals surface area contributed by atoms with Crippen LogP contribution >= 0.6 is 0 Å². The number of benzene rings is 1. The summed E-state index contributed by atoms with van der Waals surface area (Å²) in [6.07, 6.45) is 2.93. The van der Waals surface area contributed by atoms with Crippen LogP contribution in [0.15, 0.2) is 24.4 Å². The predicted molar refractivity (Wildman–Crippen MR) is 113 cm³/mol. The second kappa shape index (κ2) is 7.32. The van der Waals surface area contributed by atoms with E-state index >= 15 is 0 Å². The Hall–Kier alpha value is -2.63. The van der Waals surface area contributed by atoms with Crippen LogP contribution in [-0.2, 0) is 27.0 Å². The molecule has 2 aromatic rings. The summed E-state index contributed by atoms with van der Waals surface area (Å²) in [7, 11) is 0. The molecule has 6 nitrogen and oxygen atoms in total. The molecule has 1 aliphatic heterocycles. The predicted octanol–water partition coefficient (Wildman–Crippen LogP) is 4.00. The monoisotopic (exact) mass is 397 g/mol. The number of likely N-dealkylation sites (tertiary alicyclic amines) is 1. The van der Waals surface area contributed by atoms with Crippen molar-refractivity contribution in [1.29, 1.82) is 0 Å². The van der Waals surface area contributed by atoms with E-state index in [1.54, 1.807) is 10.9 Å². The van der Waals surface area contributed by atoms with E-state index in [0.29, 0.717) is 18.7 Å². The first-order valence-electron chi connectivity index (χ1n) is 10.1. The molecule has 1 saturated heterocycles. The summed E-state index contributed by atoms with van der Waals surface area (Å²) in [5.41, 5.74) is 2.92. The molecule has 1 N–H and O–H groups in total. The average molecular weight is 398 g/mol. The van der Waals surface area contributed by atoms with Gasteiger partial charge in [-0.3, -0.25) is 19.2 Å². The standard InChI is InChI=1S/C23H31N3O3/c1-22(2,3)16-12-15(13-17(21(16)29)23(4,5)6)18-9-11-25(24-18)14-20(28)26-10-7-8-19(26)27/h9,11-13,29H,7-8,10,14H2,1-6H3. The first-order chi connectivity index (χ1) is 13.4. The fourth-order valence-electron chi connectivity index (χ4n) is 3.67. The molecule has 1 aliphatic rings. The summed E-state index contributed by atoms with van der Waals surface area (Å²) in [4.78, 5) is 25.5. The smallest absolute Gasteiger partial charge is 0.250 e. The Morgan fingerprint density at radius 1 is 1.10 bits per heavy atom. The lowest BCUT2D eigenvalue weighted by Gasteiger charge is -2.28. The van der Waals surface area contributed by atoms with E-state index in [2.05, 4.69) is 46.6 Å². The molecule has 2 amide bonds. The van der Waals surface area contributed by atoms with Crippen molar-refractivity contribution in [2.24, 2.45) is 0 Å². The van der Waals surface area contributed by atoms with Crippen LogP contribution in [0.3, 0.4) is 0 Å². The van der Waals surface area contributed by atoms with Crippen molar-refractivity contribution in [1.82, 2.24) is 14.7 Å². The van der Waals surface area contributed by atoms with E-state index in [9.17, 15) is 14.7 Å². The van der Waals surface area contributed by atoms with Gasteiger partial charge in [0.05, 0.1) is 5.69 Å². The Bertz CT molecular complexity index is 910. The van der Waals surface area contributed by atoms with Gasteiger partial charge in [0, 0.05) is 35.9 Å². The van der Waals surface area contributed by atoms with E-state index in [1.807, 2.05) is 18.2 Å². The molecule has 6 heteroatoms. The number of carbonyl (C=O) groups is 2. The maximum Gasteiger partial charge on any atom is 0.250 e. The zero-order valence-electron chi connectivity index (χ0n) is 18.2. The van der Waals surface area contributed by atoms with Gasteiger partial charge in [0.2, 0.25) is 5.91 Å². The molecule has 0 radical (unpaired) electrons. The van der Waals surface area contributed by atoms with Crippen molar-refractivity contribution >= 4 is 11.8 Å². The Labute approximate surface area is 172 Å². The number of phenols is 1. The van der Waals surface area contributed by atoms with Crippen LogP contribution in [0.5, 0.6) is 5.75 Å². The van der Waals surface area contributed by atoms with Crippen LogP contribution in [0.2, 0.25) is 0 Å². The van der Waals surface area contributed by atoms with Crippen LogP contribution in [-0.4, -0.2) is 38.1 Å². The Morgan fingerprint density at radius 3 is 2.17 bits per heavy atom. The molecule has 29 heavy (non-hydrogen) atoms. The van der Waals surface area contributed by atoms with E-state index in [0.717, 1.165) is 28.8 Å². The van der Waals surface area contributed by atoms with Crippen molar-refractivity contribution in [3.05, 3.63) is 35.5 Å². The topological polar surface area (TPSA) is 75.4 Å². The number of imide groups is 1. The number of nitrogens with zero attached hydrogens (tertiary/aromatic N) is 3. The number of hydrogen-bond donors (Lipinski definition) is 1. The first kappa shape index (κ1) is 21.1. The molecule has 0 saturated carbocycles. The van der Waals surface area contributed by atoms with Crippen molar-refractivity contribution < 1.29 is 14.7 Å². The van der Waals surface area contributed by atoms with Crippen LogP contribution in [0.4, 0.5) is 0 Å². The van der Waals surface area contributed by atoms with E-state index < -0.39 is 0 Å². The third kappa shape index (κ3) is 4.36. The van der Waals surface area contributed by atoms with Crippen LogP contribution in [0.25, 0.3) is 11.3 Å². The highest BCUT2D eigenvalue weighted by atomic mass is 16.3. The Balaban J connectivity index is 1.95. The highest BCUT2D eigenvalue weighted by Gasteiger charge is 2.28. The van der Waals surface area contributed by atoms with Gasteiger partial charge in [0.1, 0.15) is 12.3 Å². The van der Waals surface area contributed by atoms with Gasteiger partial charge in [-0.1, -0.05) is 41.5 Å². The summed E-state index contributed by atoms with van der Waals surface area (Å²) in [6, 6.07) is 5.82. The molecule has 1 aromatic carbocycles. The lowest BCUT2D eigenvalue weighted by atomic mass is 9.78. The van der Waals surface area contributed by atoms with E-state index in [4.69, 9.17) is 0 Å². The molecular weight excluding hydrogens is 366 g/mol. The quantitative estimate of drug-likeness (QED) is 0.849. The SMILES string of the molecule is CC(C)(C)c1cc(-c2ccn(CC(=O)N3CCCC3=O)n2)cc(C(C)(C)C)c1O. The van der Waals surface area contributed by atoms with Gasteiger partial charge in [-0.25, -0.2) is 0 Å². The second-order valence-corrected chi connectivity index (χ2v) is 9.86. The number of hydrogen-bond acceptors (Lipinski definition) is 4. The molecule has 0 spiro atoms. The lowest BCUT2D eigenvalue weighted by Crippen LogP contribution is -2.34. The van der Waals surface area contributed by atoms with E-state index in [1.165, 1.54) is 4.90 Å². The van der Waals surface area contributed by atoms with Gasteiger partial charge >= 0.3 is 0 Å². The second-order valence-electron chi connectivity index (χ2n) is 9.86. The van der Waals surface area contributed by atoms with Gasteiger partial charge in [0.15, 0.2) is 0 Å². The van der Waals surface area contributed by atoms with Gasteiger partial charge in [-0.2, -0.15) is 5.10 Å². The van der Waals surface area contributed by atoms with Gasteiger partial charge in [-0.15, -0.1) is 0 Å². The molecule has 156 valence electrons. The molecule has 0 bridgehead atoms. The zero-order chi connectivity index (χ0) is 21.6. The van der Waals surface area contributed by atoms with Crippen molar-refractivity contribution in [3.8, 4) is 17.0 Å².